The highest BCUT2D eigenvalue weighted by atomic mass is 16.5. The molecule has 7 heteroatoms. The molecule has 1 heterocycles. The van der Waals surface area contributed by atoms with Gasteiger partial charge in [0.1, 0.15) is 5.75 Å². The van der Waals surface area contributed by atoms with Gasteiger partial charge < -0.3 is 19.6 Å². The Hall–Kier alpha value is -2.44. The molecule has 17 heavy (non-hydrogen) atoms. The molecule has 7 nitrogen and oxygen atoms in total. The van der Waals surface area contributed by atoms with Gasteiger partial charge in [-0.3, -0.25) is 0 Å². The number of methoxy groups -OCH3 is 2. The summed E-state index contributed by atoms with van der Waals surface area (Å²) in [5.74, 6) is 0.510. The number of nitrogens with zero attached hydrogens (tertiary/aromatic N) is 1. The molecule has 0 saturated heterocycles. The fourth-order valence-corrected chi connectivity index (χ4v) is 1.36. The molecule has 0 aliphatic rings. The van der Waals surface area contributed by atoms with E-state index in [0.717, 1.165) is 0 Å². The number of oxazole rings is 1. The second-order valence-corrected chi connectivity index (χ2v) is 3.17. The molecule has 0 radical (unpaired) electrons. The summed E-state index contributed by atoms with van der Waals surface area (Å²) in [7, 11) is 2.75. The van der Waals surface area contributed by atoms with E-state index in [-0.39, 0.29) is 6.01 Å². The third-order valence-corrected chi connectivity index (χ3v) is 2.15. The van der Waals surface area contributed by atoms with Crippen LogP contribution in [0.15, 0.2) is 16.5 Å². The van der Waals surface area contributed by atoms with Crippen LogP contribution < -0.4 is 15.8 Å². The molecule has 0 bridgehead atoms. The molecule has 90 valence electrons. The zero-order valence-corrected chi connectivity index (χ0v) is 9.31. The number of amides is 1. The molecule has 0 aliphatic carbocycles. The van der Waals surface area contributed by atoms with Gasteiger partial charge in [-0.15, -0.1) is 0 Å². The minimum atomic E-state index is -0.672. The van der Waals surface area contributed by atoms with Crippen LogP contribution in [0.4, 0.5) is 16.5 Å². The fourth-order valence-electron chi connectivity index (χ4n) is 1.36. The Morgan fingerprint density at radius 3 is 2.88 bits per heavy atom. The van der Waals surface area contributed by atoms with Crippen molar-refractivity contribution in [3.8, 4) is 5.75 Å². The predicted octanol–water partition coefficient (Wildman–Crippen LogP) is 1.60. The van der Waals surface area contributed by atoms with Crippen molar-refractivity contribution in [1.82, 2.24) is 4.98 Å². The number of hydrogen-bond donors (Lipinski definition) is 2. The van der Waals surface area contributed by atoms with E-state index < -0.39 is 6.09 Å². The summed E-state index contributed by atoms with van der Waals surface area (Å²) in [4.78, 5) is 15.1. The summed E-state index contributed by atoms with van der Waals surface area (Å²) >= 11 is 0. The zero-order chi connectivity index (χ0) is 12.4. The van der Waals surface area contributed by atoms with Gasteiger partial charge in [-0.05, 0) is 12.1 Å². The average molecular weight is 237 g/mol. The Labute approximate surface area is 96.5 Å². The minimum absolute atomic E-state index is 0.00282. The van der Waals surface area contributed by atoms with Crippen molar-refractivity contribution < 1.29 is 18.7 Å². The number of anilines is 2. The van der Waals surface area contributed by atoms with E-state index in [1.165, 1.54) is 14.2 Å². The summed E-state index contributed by atoms with van der Waals surface area (Å²) < 4.78 is 14.8. The average Bonchev–Trinajstić information content (AvgIpc) is 2.74. The van der Waals surface area contributed by atoms with Gasteiger partial charge in [0.05, 0.1) is 19.9 Å². The molecule has 0 unspecified atom stereocenters. The normalized spacial score (nSPS) is 10.2. The van der Waals surface area contributed by atoms with E-state index in [0.29, 0.717) is 22.5 Å². The van der Waals surface area contributed by atoms with E-state index in [1.54, 1.807) is 12.1 Å². The first-order chi connectivity index (χ1) is 8.15. The molecule has 0 saturated carbocycles. The van der Waals surface area contributed by atoms with E-state index in [9.17, 15) is 4.79 Å². The van der Waals surface area contributed by atoms with Crippen molar-refractivity contribution >= 4 is 28.9 Å². The number of fused-ring (bicyclic) bond motifs is 1. The highest BCUT2D eigenvalue weighted by Crippen LogP contribution is 2.31. The van der Waals surface area contributed by atoms with Crippen LogP contribution in [0, 0.1) is 0 Å². The summed E-state index contributed by atoms with van der Waals surface area (Å²) in [6.07, 6.45) is -0.672. The van der Waals surface area contributed by atoms with Crippen molar-refractivity contribution in [1.29, 1.82) is 0 Å². The molecule has 2 aromatic rings. The number of ether oxygens (including phenoxy) is 2. The third-order valence-electron chi connectivity index (χ3n) is 2.15. The Morgan fingerprint density at radius 2 is 2.24 bits per heavy atom. The van der Waals surface area contributed by atoms with E-state index in [1.807, 2.05) is 0 Å². The summed E-state index contributed by atoms with van der Waals surface area (Å²) in [6, 6.07) is 3.30. The maximum Gasteiger partial charge on any atom is 0.414 e. The molecule has 0 aliphatic heterocycles. The smallest absolute Gasteiger partial charge is 0.414 e. The SMILES string of the molecule is COC(=O)Nc1nc2c(OC)ccc(N)c2o1. The Kier molecular flexibility index (Phi) is 2.73. The number of rotatable bonds is 2. The fraction of sp³-hybridized carbons (Fsp3) is 0.200. The number of nitrogens with one attached hydrogen (secondary N) is 1. The van der Waals surface area contributed by atoms with E-state index >= 15 is 0 Å². The number of hydrogen-bond acceptors (Lipinski definition) is 6. The standard InChI is InChI=1S/C10H11N3O4/c1-15-6-4-3-5(11)8-7(6)12-9(17-8)13-10(14)16-2/h3-4H,11H2,1-2H3,(H,12,13,14). The number of nitrogens with two attached hydrogens (primary N) is 1. The lowest BCUT2D eigenvalue weighted by Gasteiger charge is -1.99. The van der Waals surface area contributed by atoms with Crippen LogP contribution in [0.5, 0.6) is 5.75 Å². The first-order valence-corrected chi connectivity index (χ1v) is 4.73. The lowest BCUT2D eigenvalue weighted by Crippen LogP contribution is -2.10. The number of benzene rings is 1. The second kappa shape index (κ2) is 4.20. The first-order valence-electron chi connectivity index (χ1n) is 4.73. The van der Waals surface area contributed by atoms with Gasteiger partial charge in [0.15, 0.2) is 11.1 Å². The molecular weight excluding hydrogens is 226 g/mol. The van der Waals surface area contributed by atoms with Crippen molar-refractivity contribution in [3.05, 3.63) is 12.1 Å². The van der Waals surface area contributed by atoms with Crippen LogP contribution in [0.3, 0.4) is 0 Å². The minimum Gasteiger partial charge on any atom is -0.494 e. The highest BCUT2D eigenvalue weighted by molar-refractivity contribution is 5.92. The second-order valence-electron chi connectivity index (χ2n) is 3.17. The molecule has 0 atom stereocenters. The van der Waals surface area contributed by atoms with Gasteiger partial charge in [-0.25, -0.2) is 10.1 Å². The van der Waals surface area contributed by atoms with Crippen molar-refractivity contribution in [3.63, 3.8) is 0 Å². The number of carbonyl (C=O) groups excluding carboxylic acids is 1. The van der Waals surface area contributed by atoms with Crippen LogP contribution in [0.25, 0.3) is 11.1 Å². The monoisotopic (exact) mass is 237 g/mol. The topological polar surface area (TPSA) is 99.6 Å². The number of carbonyl (C=O) groups is 1. The molecule has 3 N–H and O–H groups in total. The van der Waals surface area contributed by atoms with E-state index in [2.05, 4.69) is 15.0 Å². The first kappa shape index (κ1) is 11.1. The molecule has 2 rings (SSSR count). The Balaban J connectivity index is 2.48. The van der Waals surface area contributed by atoms with Gasteiger partial charge in [-0.2, -0.15) is 4.98 Å². The molecule has 0 fully saturated rings. The maximum atomic E-state index is 11.0. The molecule has 1 aromatic heterocycles. The number of aromatic nitrogens is 1. The van der Waals surface area contributed by atoms with Crippen molar-refractivity contribution in [2.45, 2.75) is 0 Å². The highest BCUT2D eigenvalue weighted by Gasteiger charge is 2.14. The largest absolute Gasteiger partial charge is 0.494 e. The lowest BCUT2D eigenvalue weighted by atomic mass is 10.2. The zero-order valence-electron chi connectivity index (χ0n) is 9.31. The predicted molar refractivity (Wildman–Crippen MR) is 61.0 cm³/mol. The van der Waals surface area contributed by atoms with E-state index in [4.69, 9.17) is 14.9 Å². The summed E-state index contributed by atoms with van der Waals surface area (Å²) in [5.41, 5.74) is 6.93. The van der Waals surface area contributed by atoms with Gasteiger partial charge >= 0.3 is 12.1 Å². The maximum absolute atomic E-state index is 11.0. The van der Waals surface area contributed by atoms with Gasteiger partial charge in [-0.1, -0.05) is 0 Å². The lowest BCUT2D eigenvalue weighted by molar-refractivity contribution is 0.186. The van der Waals surface area contributed by atoms with Crippen LogP contribution in [0.2, 0.25) is 0 Å². The van der Waals surface area contributed by atoms with Gasteiger partial charge in [0.2, 0.25) is 0 Å². The van der Waals surface area contributed by atoms with Gasteiger partial charge in [0, 0.05) is 0 Å². The molecule has 0 spiro atoms. The van der Waals surface area contributed by atoms with Crippen LogP contribution in [-0.4, -0.2) is 25.3 Å². The quantitative estimate of drug-likeness (QED) is 0.769. The number of nitrogen functional groups attached to an aromatic ring is 1. The Morgan fingerprint density at radius 1 is 1.47 bits per heavy atom. The summed E-state index contributed by atoms with van der Waals surface area (Å²) in [5, 5.41) is 2.31. The Bertz CT molecular complexity index is 564. The van der Waals surface area contributed by atoms with Crippen molar-refractivity contribution in [2.75, 3.05) is 25.3 Å². The van der Waals surface area contributed by atoms with Gasteiger partial charge in [0.25, 0.3) is 0 Å². The van der Waals surface area contributed by atoms with Crippen LogP contribution in [-0.2, 0) is 4.74 Å². The third kappa shape index (κ3) is 1.94. The van der Waals surface area contributed by atoms with Crippen LogP contribution >= 0.6 is 0 Å². The van der Waals surface area contributed by atoms with Crippen LogP contribution in [0.1, 0.15) is 0 Å². The summed E-state index contributed by atoms with van der Waals surface area (Å²) in [6.45, 7) is 0. The molecule has 1 amide bonds. The molecule has 1 aromatic carbocycles. The van der Waals surface area contributed by atoms with Crippen molar-refractivity contribution in [2.24, 2.45) is 0 Å². The molecular formula is C10H11N3O4.